The third kappa shape index (κ3) is 5.87. The number of hydrogen-bond acceptors (Lipinski definition) is 6. The van der Waals surface area contributed by atoms with Crippen LogP contribution in [0.3, 0.4) is 0 Å². The number of primary amides is 1. The predicted molar refractivity (Wildman–Crippen MR) is 51.0 cm³/mol. The molecule has 1 amide bonds. The summed E-state index contributed by atoms with van der Waals surface area (Å²) >= 11 is 0. The Kier molecular flexibility index (Phi) is 5.65. The van der Waals surface area contributed by atoms with E-state index in [4.69, 9.17) is 5.73 Å². The molecule has 0 heterocycles. The van der Waals surface area contributed by atoms with Crippen LogP contribution in [0.4, 0.5) is 4.79 Å². The first-order chi connectivity index (χ1) is 6.90. The molecule has 0 rings (SSSR count). The summed E-state index contributed by atoms with van der Waals surface area (Å²) in [6.07, 6.45) is -0.864. The molecular weight excluding hydrogens is 204 g/mol. The fraction of sp³-hybridized carbons (Fsp3) is 0.750. The maximum atomic E-state index is 11.0. The normalized spacial score (nSPS) is 14.1. The van der Waals surface area contributed by atoms with E-state index in [1.807, 2.05) is 0 Å². The zero-order chi connectivity index (χ0) is 11.9. The number of esters is 1. The SMILES string of the molecule is COC(=O)C(C)(O)CNCCOC(N)=O. The Morgan fingerprint density at radius 2 is 2.13 bits per heavy atom. The molecule has 0 aliphatic rings. The molecule has 1 atom stereocenters. The number of aliphatic hydroxyl groups is 1. The van der Waals surface area contributed by atoms with E-state index >= 15 is 0 Å². The van der Waals surface area contributed by atoms with Crippen LogP contribution >= 0.6 is 0 Å². The van der Waals surface area contributed by atoms with Gasteiger partial charge in [0.05, 0.1) is 7.11 Å². The molecular formula is C8H16N2O5. The van der Waals surface area contributed by atoms with Gasteiger partial charge in [-0.1, -0.05) is 0 Å². The summed E-state index contributed by atoms with van der Waals surface area (Å²) in [5, 5.41) is 12.2. The Hall–Kier alpha value is -1.34. The van der Waals surface area contributed by atoms with E-state index in [1.165, 1.54) is 14.0 Å². The lowest BCUT2D eigenvalue weighted by Crippen LogP contribution is -2.46. The molecule has 0 radical (unpaired) electrons. The van der Waals surface area contributed by atoms with Crippen molar-refractivity contribution < 1.29 is 24.2 Å². The van der Waals surface area contributed by atoms with Crippen LogP contribution in [0.25, 0.3) is 0 Å². The summed E-state index contributed by atoms with van der Waals surface area (Å²) in [7, 11) is 1.19. The molecule has 1 unspecified atom stereocenters. The first kappa shape index (κ1) is 13.7. The number of ether oxygens (including phenoxy) is 2. The van der Waals surface area contributed by atoms with Crippen LogP contribution in [-0.2, 0) is 14.3 Å². The molecule has 0 aliphatic carbocycles. The Morgan fingerprint density at radius 1 is 1.53 bits per heavy atom. The van der Waals surface area contributed by atoms with Crippen molar-refractivity contribution in [3.63, 3.8) is 0 Å². The number of carbonyl (C=O) groups is 2. The van der Waals surface area contributed by atoms with E-state index in [0.717, 1.165) is 0 Å². The minimum absolute atomic E-state index is 0.00178. The Balaban J connectivity index is 3.66. The number of rotatable bonds is 6. The molecule has 4 N–H and O–H groups in total. The van der Waals surface area contributed by atoms with Gasteiger partial charge in [-0.3, -0.25) is 0 Å². The smallest absolute Gasteiger partial charge is 0.404 e. The summed E-state index contributed by atoms with van der Waals surface area (Å²) in [6, 6.07) is 0. The van der Waals surface area contributed by atoms with Crippen LogP contribution < -0.4 is 11.1 Å². The van der Waals surface area contributed by atoms with Crippen LogP contribution in [-0.4, -0.2) is 49.6 Å². The molecule has 88 valence electrons. The van der Waals surface area contributed by atoms with Crippen LogP contribution in [0, 0.1) is 0 Å². The largest absolute Gasteiger partial charge is 0.467 e. The molecule has 7 nitrogen and oxygen atoms in total. The van der Waals surface area contributed by atoms with Gasteiger partial charge >= 0.3 is 12.1 Å². The second kappa shape index (κ2) is 6.20. The first-order valence-corrected chi connectivity index (χ1v) is 4.34. The van der Waals surface area contributed by atoms with Gasteiger partial charge in [0.2, 0.25) is 0 Å². The number of nitrogens with one attached hydrogen (secondary N) is 1. The van der Waals surface area contributed by atoms with Crippen LogP contribution in [0.15, 0.2) is 0 Å². The topological polar surface area (TPSA) is 111 Å². The fourth-order valence-electron chi connectivity index (χ4n) is 0.848. The van der Waals surface area contributed by atoms with E-state index in [0.29, 0.717) is 0 Å². The highest BCUT2D eigenvalue weighted by molar-refractivity contribution is 5.78. The maximum absolute atomic E-state index is 11.0. The van der Waals surface area contributed by atoms with Gasteiger partial charge in [0.25, 0.3) is 0 Å². The van der Waals surface area contributed by atoms with E-state index in [9.17, 15) is 14.7 Å². The standard InChI is InChI=1S/C8H16N2O5/c1-8(13,6(11)14-2)5-10-3-4-15-7(9)12/h10,13H,3-5H2,1-2H3,(H2,9,12). The number of carbonyl (C=O) groups excluding carboxylic acids is 2. The highest BCUT2D eigenvalue weighted by Crippen LogP contribution is 2.03. The predicted octanol–water partition coefficient (Wildman–Crippen LogP) is -1.40. The average Bonchev–Trinajstić information content (AvgIpc) is 2.15. The van der Waals surface area contributed by atoms with Crippen LogP contribution in [0.5, 0.6) is 0 Å². The lowest BCUT2D eigenvalue weighted by Gasteiger charge is -2.20. The summed E-state index contributed by atoms with van der Waals surface area (Å²) in [4.78, 5) is 21.2. The molecule has 15 heavy (non-hydrogen) atoms. The highest BCUT2D eigenvalue weighted by Gasteiger charge is 2.30. The van der Waals surface area contributed by atoms with E-state index in [1.54, 1.807) is 0 Å². The second-order valence-electron chi connectivity index (χ2n) is 3.11. The van der Waals surface area contributed by atoms with Gasteiger partial charge in [0.15, 0.2) is 5.60 Å². The summed E-state index contributed by atoms with van der Waals surface area (Å²) in [5.41, 5.74) is 3.12. The lowest BCUT2D eigenvalue weighted by atomic mass is 10.1. The summed E-state index contributed by atoms with van der Waals surface area (Å²) < 4.78 is 8.80. The Morgan fingerprint density at radius 3 is 2.60 bits per heavy atom. The zero-order valence-electron chi connectivity index (χ0n) is 8.78. The molecule has 0 saturated carbocycles. The lowest BCUT2D eigenvalue weighted by molar-refractivity contribution is -0.159. The quantitative estimate of drug-likeness (QED) is 0.375. The monoisotopic (exact) mass is 220 g/mol. The van der Waals surface area contributed by atoms with Crippen molar-refractivity contribution in [1.29, 1.82) is 0 Å². The maximum Gasteiger partial charge on any atom is 0.404 e. The second-order valence-corrected chi connectivity index (χ2v) is 3.11. The minimum Gasteiger partial charge on any atom is -0.467 e. The molecule has 7 heteroatoms. The fourth-order valence-corrected chi connectivity index (χ4v) is 0.848. The molecule has 0 bridgehead atoms. The zero-order valence-corrected chi connectivity index (χ0v) is 8.78. The average molecular weight is 220 g/mol. The van der Waals surface area contributed by atoms with Gasteiger partial charge in [0, 0.05) is 13.1 Å². The van der Waals surface area contributed by atoms with E-state index in [2.05, 4.69) is 14.8 Å². The molecule has 0 aromatic rings. The van der Waals surface area contributed by atoms with Crippen molar-refractivity contribution in [2.45, 2.75) is 12.5 Å². The number of nitrogens with two attached hydrogens (primary N) is 1. The summed E-state index contributed by atoms with van der Waals surface area (Å²) in [6.45, 7) is 1.69. The highest BCUT2D eigenvalue weighted by atomic mass is 16.5. The summed E-state index contributed by atoms with van der Waals surface area (Å²) in [5.74, 6) is -0.731. The molecule has 0 aromatic heterocycles. The molecule has 0 aromatic carbocycles. The third-order valence-corrected chi connectivity index (χ3v) is 1.62. The first-order valence-electron chi connectivity index (χ1n) is 4.34. The van der Waals surface area contributed by atoms with Crippen molar-refractivity contribution in [1.82, 2.24) is 5.32 Å². The minimum atomic E-state index is -1.60. The van der Waals surface area contributed by atoms with Gasteiger partial charge in [-0.25, -0.2) is 9.59 Å². The molecule has 0 spiro atoms. The van der Waals surface area contributed by atoms with Crippen LogP contribution in [0.1, 0.15) is 6.92 Å². The van der Waals surface area contributed by atoms with Gasteiger partial charge in [-0.05, 0) is 6.92 Å². The molecule has 0 saturated heterocycles. The Labute approximate surface area is 87.5 Å². The van der Waals surface area contributed by atoms with Gasteiger partial charge in [-0.2, -0.15) is 0 Å². The Bertz CT molecular complexity index is 229. The van der Waals surface area contributed by atoms with Crippen molar-refractivity contribution in [3.05, 3.63) is 0 Å². The van der Waals surface area contributed by atoms with Gasteiger partial charge < -0.3 is 25.6 Å². The van der Waals surface area contributed by atoms with Crippen LogP contribution in [0.2, 0.25) is 0 Å². The van der Waals surface area contributed by atoms with Gasteiger partial charge in [-0.15, -0.1) is 0 Å². The number of amides is 1. The van der Waals surface area contributed by atoms with Crippen molar-refractivity contribution >= 4 is 12.1 Å². The third-order valence-electron chi connectivity index (χ3n) is 1.62. The van der Waals surface area contributed by atoms with Gasteiger partial charge in [0.1, 0.15) is 6.61 Å². The van der Waals surface area contributed by atoms with E-state index in [-0.39, 0.29) is 19.7 Å². The van der Waals surface area contributed by atoms with Crippen molar-refractivity contribution in [3.8, 4) is 0 Å². The van der Waals surface area contributed by atoms with Crippen molar-refractivity contribution in [2.24, 2.45) is 5.73 Å². The molecule has 0 aliphatic heterocycles. The van der Waals surface area contributed by atoms with E-state index < -0.39 is 17.7 Å². The molecule has 0 fully saturated rings. The number of hydrogen-bond donors (Lipinski definition) is 3. The number of methoxy groups -OCH3 is 1. The van der Waals surface area contributed by atoms with Crippen molar-refractivity contribution in [2.75, 3.05) is 26.8 Å².